The number of nitrogens with zero attached hydrogens (tertiary/aromatic N) is 2. The van der Waals surface area contributed by atoms with Gasteiger partial charge in [0.2, 0.25) is 0 Å². The lowest BCUT2D eigenvalue weighted by molar-refractivity contribution is 0.102. The van der Waals surface area contributed by atoms with Crippen LogP contribution in [0.1, 0.15) is 21.6 Å². The van der Waals surface area contributed by atoms with Gasteiger partial charge in [-0.1, -0.05) is 17.7 Å². The molecule has 6 nitrogen and oxygen atoms in total. The van der Waals surface area contributed by atoms with Gasteiger partial charge >= 0.3 is 0 Å². The zero-order chi connectivity index (χ0) is 15.0. The van der Waals surface area contributed by atoms with Gasteiger partial charge in [-0.25, -0.2) is 9.50 Å². The molecule has 21 heavy (non-hydrogen) atoms. The van der Waals surface area contributed by atoms with Gasteiger partial charge in [-0.05, 0) is 26.0 Å². The highest BCUT2D eigenvalue weighted by molar-refractivity contribution is 6.08. The average molecular weight is 282 g/mol. The van der Waals surface area contributed by atoms with Crippen LogP contribution >= 0.6 is 0 Å². The fraction of sp³-hybridized carbons (Fsp3) is 0.133. The largest absolute Gasteiger partial charge is 0.322 e. The number of anilines is 1. The molecule has 0 saturated heterocycles. The fourth-order valence-electron chi connectivity index (χ4n) is 2.10. The summed E-state index contributed by atoms with van der Waals surface area (Å²) in [5, 5.41) is 5.53. The molecular weight excluding hydrogens is 268 g/mol. The Morgan fingerprint density at radius 3 is 2.67 bits per heavy atom. The first-order valence-electron chi connectivity index (χ1n) is 6.50. The Kier molecular flexibility index (Phi) is 3.06. The van der Waals surface area contributed by atoms with E-state index in [0.717, 1.165) is 5.56 Å². The average Bonchev–Trinajstić information content (AvgIpc) is 2.85. The Hall–Kier alpha value is -2.89. The van der Waals surface area contributed by atoms with Crippen molar-refractivity contribution < 1.29 is 4.79 Å². The molecule has 0 aliphatic rings. The first-order valence-corrected chi connectivity index (χ1v) is 6.50. The Morgan fingerprint density at radius 1 is 1.24 bits per heavy atom. The number of aryl methyl sites for hydroxylation is 2. The van der Waals surface area contributed by atoms with Crippen LogP contribution in [0.3, 0.4) is 0 Å². The van der Waals surface area contributed by atoms with Gasteiger partial charge < -0.3 is 5.32 Å². The minimum absolute atomic E-state index is 0.244. The van der Waals surface area contributed by atoms with E-state index in [-0.39, 0.29) is 11.5 Å². The molecule has 2 aromatic heterocycles. The molecule has 106 valence electrons. The third-order valence-corrected chi connectivity index (χ3v) is 3.18. The highest BCUT2D eigenvalue weighted by atomic mass is 16.2. The SMILES string of the molecule is Cc1ccc(NC(=O)c2c[nH]n3c(=O)cc(C)nc23)cc1. The van der Waals surface area contributed by atoms with E-state index >= 15 is 0 Å². The van der Waals surface area contributed by atoms with E-state index in [9.17, 15) is 9.59 Å². The number of H-pyrrole nitrogens is 1. The molecule has 0 fully saturated rings. The van der Waals surface area contributed by atoms with Crippen molar-refractivity contribution >= 4 is 17.2 Å². The molecule has 3 rings (SSSR count). The lowest BCUT2D eigenvalue weighted by Gasteiger charge is -2.04. The van der Waals surface area contributed by atoms with E-state index in [4.69, 9.17) is 0 Å². The second kappa shape index (κ2) is 4.90. The first kappa shape index (κ1) is 13.1. The van der Waals surface area contributed by atoms with Crippen molar-refractivity contribution in [2.45, 2.75) is 13.8 Å². The van der Waals surface area contributed by atoms with Crippen molar-refractivity contribution in [1.82, 2.24) is 14.6 Å². The lowest BCUT2D eigenvalue weighted by Crippen LogP contribution is -2.16. The molecule has 0 aliphatic heterocycles. The van der Waals surface area contributed by atoms with Crippen molar-refractivity contribution in [1.29, 1.82) is 0 Å². The molecule has 0 radical (unpaired) electrons. The van der Waals surface area contributed by atoms with Crippen LogP contribution in [0.5, 0.6) is 0 Å². The van der Waals surface area contributed by atoms with Crippen LogP contribution in [0.15, 0.2) is 41.3 Å². The summed E-state index contributed by atoms with van der Waals surface area (Å²) in [7, 11) is 0. The van der Waals surface area contributed by atoms with Crippen LogP contribution in [0.2, 0.25) is 0 Å². The Morgan fingerprint density at radius 2 is 1.95 bits per heavy atom. The summed E-state index contributed by atoms with van der Waals surface area (Å²) < 4.78 is 1.25. The van der Waals surface area contributed by atoms with Crippen LogP contribution in [0.25, 0.3) is 5.65 Å². The van der Waals surface area contributed by atoms with Crippen molar-refractivity contribution in [3.63, 3.8) is 0 Å². The summed E-state index contributed by atoms with van der Waals surface area (Å²) in [5.74, 6) is -0.310. The zero-order valence-electron chi connectivity index (χ0n) is 11.7. The highest BCUT2D eigenvalue weighted by Gasteiger charge is 2.15. The number of aromatic nitrogens is 3. The molecular formula is C15H14N4O2. The Balaban J connectivity index is 1.98. The third kappa shape index (κ3) is 2.43. The number of rotatable bonds is 2. The van der Waals surface area contributed by atoms with E-state index < -0.39 is 0 Å². The number of nitrogens with one attached hydrogen (secondary N) is 2. The molecule has 2 heterocycles. The number of carbonyl (C=O) groups excluding carboxylic acids is 1. The molecule has 1 aromatic carbocycles. The summed E-state index contributed by atoms with van der Waals surface area (Å²) in [6.07, 6.45) is 1.48. The monoisotopic (exact) mass is 282 g/mol. The number of amides is 1. The van der Waals surface area contributed by atoms with Crippen LogP contribution in [-0.4, -0.2) is 20.5 Å². The molecule has 0 atom stereocenters. The molecule has 0 saturated carbocycles. The molecule has 0 aliphatic carbocycles. The minimum atomic E-state index is -0.310. The van der Waals surface area contributed by atoms with E-state index in [2.05, 4.69) is 15.4 Å². The second-order valence-electron chi connectivity index (χ2n) is 4.90. The van der Waals surface area contributed by atoms with Crippen molar-refractivity contribution in [2.24, 2.45) is 0 Å². The topological polar surface area (TPSA) is 79.3 Å². The van der Waals surface area contributed by atoms with Crippen molar-refractivity contribution in [3.8, 4) is 0 Å². The summed E-state index contributed by atoms with van der Waals surface area (Å²) in [6, 6.07) is 8.89. The van der Waals surface area contributed by atoms with Gasteiger partial charge in [0.1, 0.15) is 5.56 Å². The quantitative estimate of drug-likeness (QED) is 0.753. The number of aromatic amines is 1. The van der Waals surface area contributed by atoms with Gasteiger partial charge in [0, 0.05) is 23.6 Å². The van der Waals surface area contributed by atoms with Gasteiger partial charge in [-0.2, -0.15) is 0 Å². The van der Waals surface area contributed by atoms with E-state index in [1.165, 1.54) is 16.8 Å². The van der Waals surface area contributed by atoms with Gasteiger partial charge in [-0.3, -0.25) is 14.7 Å². The van der Waals surface area contributed by atoms with Crippen LogP contribution in [0.4, 0.5) is 5.69 Å². The summed E-state index contributed by atoms with van der Waals surface area (Å²) in [6.45, 7) is 3.69. The van der Waals surface area contributed by atoms with Crippen molar-refractivity contribution in [3.05, 3.63) is 63.7 Å². The summed E-state index contributed by atoms with van der Waals surface area (Å²) >= 11 is 0. The molecule has 3 aromatic rings. The number of carbonyl (C=O) groups is 1. The van der Waals surface area contributed by atoms with Gasteiger partial charge in [-0.15, -0.1) is 0 Å². The fourth-order valence-corrected chi connectivity index (χ4v) is 2.10. The molecule has 0 unspecified atom stereocenters. The Bertz CT molecular complexity index is 875. The molecule has 2 N–H and O–H groups in total. The number of hydrogen-bond acceptors (Lipinski definition) is 3. The van der Waals surface area contributed by atoms with E-state index in [1.54, 1.807) is 6.92 Å². The summed E-state index contributed by atoms with van der Waals surface area (Å²) in [4.78, 5) is 28.3. The number of fused-ring (bicyclic) bond motifs is 1. The van der Waals surface area contributed by atoms with Crippen LogP contribution in [0, 0.1) is 13.8 Å². The predicted molar refractivity (Wildman–Crippen MR) is 79.7 cm³/mol. The molecule has 6 heteroatoms. The maximum absolute atomic E-state index is 12.3. The summed E-state index contributed by atoms with van der Waals surface area (Å²) in [5.41, 5.74) is 2.79. The van der Waals surface area contributed by atoms with Crippen LogP contribution < -0.4 is 10.9 Å². The molecule has 0 spiro atoms. The van der Waals surface area contributed by atoms with Crippen LogP contribution in [-0.2, 0) is 0 Å². The van der Waals surface area contributed by atoms with Gasteiger partial charge in [0.05, 0.1) is 0 Å². The smallest absolute Gasteiger partial charge is 0.272 e. The number of benzene rings is 1. The van der Waals surface area contributed by atoms with E-state index in [0.29, 0.717) is 22.6 Å². The van der Waals surface area contributed by atoms with Crippen molar-refractivity contribution in [2.75, 3.05) is 5.32 Å². The lowest BCUT2D eigenvalue weighted by atomic mass is 10.2. The highest BCUT2D eigenvalue weighted by Crippen LogP contribution is 2.12. The van der Waals surface area contributed by atoms with Gasteiger partial charge in [0.15, 0.2) is 5.65 Å². The van der Waals surface area contributed by atoms with Gasteiger partial charge in [0.25, 0.3) is 11.5 Å². The third-order valence-electron chi connectivity index (χ3n) is 3.18. The normalized spacial score (nSPS) is 10.8. The first-order chi connectivity index (χ1) is 10.0. The maximum Gasteiger partial charge on any atom is 0.272 e. The zero-order valence-corrected chi connectivity index (χ0v) is 11.7. The molecule has 0 bridgehead atoms. The maximum atomic E-state index is 12.3. The standard InChI is InChI=1S/C15H14N4O2/c1-9-3-5-11(6-4-9)18-15(21)12-8-16-19-13(20)7-10(2)17-14(12)19/h3-8,16H,1-2H3,(H,18,21). The minimum Gasteiger partial charge on any atom is -0.322 e. The predicted octanol–water partition coefficient (Wildman–Crippen LogP) is 1.89. The van der Waals surface area contributed by atoms with E-state index in [1.807, 2.05) is 31.2 Å². The molecule has 1 amide bonds. The second-order valence-corrected chi connectivity index (χ2v) is 4.90. The Labute approximate surface area is 120 Å². The number of hydrogen-bond donors (Lipinski definition) is 2.